The molecule has 0 bridgehead atoms. The van der Waals surface area contributed by atoms with Crippen molar-refractivity contribution < 1.29 is 4.74 Å². The smallest absolute Gasteiger partial charge is 0.0906 e. The summed E-state index contributed by atoms with van der Waals surface area (Å²) in [5.41, 5.74) is 1.03. The van der Waals surface area contributed by atoms with Crippen LogP contribution in [0.2, 0.25) is 0 Å². The van der Waals surface area contributed by atoms with Gasteiger partial charge in [0.2, 0.25) is 0 Å². The van der Waals surface area contributed by atoms with Gasteiger partial charge in [0.05, 0.1) is 12.3 Å². The molecule has 1 aromatic heterocycles. The summed E-state index contributed by atoms with van der Waals surface area (Å²) in [5, 5.41) is 4.38. The second kappa shape index (κ2) is 5.75. The van der Waals surface area contributed by atoms with Gasteiger partial charge in [0.25, 0.3) is 0 Å². The molecule has 1 heterocycles. The van der Waals surface area contributed by atoms with Crippen LogP contribution >= 0.6 is 0 Å². The molecule has 0 fully saturated rings. The molecule has 0 amide bonds. The highest BCUT2D eigenvalue weighted by Gasteiger charge is 1.97. The number of aryl methyl sites for hydroxylation is 1. The molecule has 0 atom stereocenters. The molecule has 0 unspecified atom stereocenters. The van der Waals surface area contributed by atoms with Crippen LogP contribution in [-0.4, -0.2) is 16.4 Å². The molecule has 3 heteroatoms. The molecule has 1 rings (SSSR count). The van der Waals surface area contributed by atoms with E-state index in [4.69, 9.17) is 4.74 Å². The molecule has 0 spiro atoms. The van der Waals surface area contributed by atoms with Gasteiger partial charge in [-0.3, -0.25) is 4.68 Å². The van der Waals surface area contributed by atoms with Crippen LogP contribution in [0.1, 0.15) is 32.4 Å². The fraction of sp³-hybridized carbons (Fsp3) is 0.700. The number of rotatable bonds is 6. The number of aromatic nitrogens is 2. The summed E-state index contributed by atoms with van der Waals surface area (Å²) in [5.74, 6) is 0. The van der Waals surface area contributed by atoms with Gasteiger partial charge in [-0.2, -0.15) is 5.10 Å². The average molecular weight is 182 g/mol. The van der Waals surface area contributed by atoms with E-state index in [1.807, 2.05) is 23.9 Å². The van der Waals surface area contributed by atoms with Crippen molar-refractivity contribution in [2.75, 3.05) is 6.61 Å². The predicted molar refractivity (Wildman–Crippen MR) is 52.5 cm³/mol. The van der Waals surface area contributed by atoms with Crippen LogP contribution < -0.4 is 0 Å². The van der Waals surface area contributed by atoms with E-state index in [9.17, 15) is 0 Å². The second-order valence-corrected chi connectivity index (χ2v) is 3.06. The molecular formula is C10H18N2O. The quantitative estimate of drug-likeness (QED) is 0.674. The third kappa shape index (κ3) is 3.59. The molecule has 13 heavy (non-hydrogen) atoms. The summed E-state index contributed by atoms with van der Waals surface area (Å²) in [6, 6.07) is 2.02. The van der Waals surface area contributed by atoms with Crippen LogP contribution in [-0.2, 0) is 17.9 Å². The SMILES string of the molecule is CCCCn1ccc(COCC)n1. The van der Waals surface area contributed by atoms with Crippen molar-refractivity contribution in [3.05, 3.63) is 18.0 Å². The minimum Gasteiger partial charge on any atom is -0.375 e. The Morgan fingerprint density at radius 3 is 3.00 bits per heavy atom. The van der Waals surface area contributed by atoms with Crippen molar-refractivity contribution in [2.24, 2.45) is 0 Å². The standard InChI is InChI=1S/C10H18N2O/c1-3-5-7-12-8-6-10(11-12)9-13-4-2/h6,8H,3-5,7,9H2,1-2H3. The van der Waals surface area contributed by atoms with Crippen LogP contribution in [0.25, 0.3) is 0 Å². The Hall–Kier alpha value is -0.830. The molecule has 1 aromatic rings. The van der Waals surface area contributed by atoms with Crippen molar-refractivity contribution in [2.45, 2.75) is 39.8 Å². The van der Waals surface area contributed by atoms with Crippen molar-refractivity contribution in [3.8, 4) is 0 Å². The molecule has 0 aromatic carbocycles. The van der Waals surface area contributed by atoms with Gasteiger partial charge in [0.1, 0.15) is 0 Å². The zero-order valence-corrected chi connectivity index (χ0v) is 8.49. The van der Waals surface area contributed by atoms with E-state index in [1.165, 1.54) is 12.8 Å². The zero-order chi connectivity index (χ0) is 9.52. The van der Waals surface area contributed by atoms with Gasteiger partial charge in [-0.15, -0.1) is 0 Å². The van der Waals surface area contributed by atoms with Gasteiger partial charge in [0, 0.05) is 19.3 Å². The van der Waals surface area contributed by atoms with E-state index < -0.39 is 0 Å². The number of nitrogens with zero attached hydrogens (tertiary/aromatic N) is 2. The van der Waals surface area contributed by atoms with Crippen molar-refractivity contribution in [1.82, 2.24) is 9.78 Å². The normalized spacial score (nSPS) is 10.6. The van der Waals surface area contributed by atoms with Gasteiger partial charge in [-0.1, -0.05) is 13.3 Å². The molecule has 0 saturated carbocycles. The summed E-state index contributed by atoms with van der Waals surface area (Å²) in [6.45, 7) is 6.58. The van der Waals surface area contributed by atoms with Crippen LogP contribution in [0, 0.1) is 0 Å². The summed E-state index contributed by atoms with van der Waals surface area (Å²) in [4.78, 5) is 0. The predicted octanol–water partition coefficient (Wildman–Crippen LogP) is 2.22. The lowest BCUT2D eigenvalue weighted by Crippen LogP contribution is -2.00. The minimum absolute atomic E-state index is 0.635. The molecule has 0 saturated heterocycles. The fourth-order valence-corrected chi connectivity index (χ4v) is 1.13. The Kier molecular flexibility index (Phi) is 4.54. The third-order valence-electron chi connectivity index (χ3n) is 1.89. The first-order chi connectivity index (χ1) is 6.36. The molecular weight excluding hydrogens is 164 g/mol. The molecule has 0 radical (unpaired) electrons. The summed E-state index contributed by atoms with van der Waals surface area (Å²) in [6.07, 6.45) is 4.42. The molecule has 0 aliphatic carbocycles. The highest BCUT2D eigenvalue weighted by Crippen LogP contribution is 1.99. The fourth-order valence-electron chi connectivity index (χ4n) is 1.13. The highest BCUT2D eigenvalue weighted by molar-refractivity contribution is 4.96. The average Bonchev–Trinajstić information content (AvgIpc) is 2.59. The van der Waals surface area contributed by atoms with Crippen molar-refractivity contribution in [3.63, 3.8) is 0 Å². The summed E-state index contributed by atoms with van der Waals surface area (Å²) in [7, 11) is 0. The molecule has 74 valence electrons. The van der Waals surface area contributed by atoms with Gasteiger partial charge in [-0.25, -0.2) is 0 Å². The molecule has 0 aliphatic heterocycles. The van der Waals surface area contributed by atoms with E-state index >= 15 is 0 Å². The first-order valence-corrected chi connectivity index (χ1v) is 4.97. The van der Waals surface area contributed by atoms with E-state index in [2.05, 4.69) is 12.0 Å². The number of hydrogen-bond acceptors (Lipinski definition) is 2. The van der Waals surface area contributed by atoms with Gasteiger partial charge in [0.15, 0.2) is 0 Å². The number of unbranched alkanes of at least 4 members (excludes halogenated alkanes) is 1. The summed E-state index contributed by atoms with van der Waals surface area (Å²) < 4.78 is 7.25. The van der Waals surface area contributed by atoms with Crippen molar-refractivity contribution in [1.29, 1.82) is 0 Å². The maximum atomic E-state index is 5.26. The Morgan fingerprint density at radius 2 is 2.31 bits per heavy atom. The number of hydrogen-bond donors (Lipinski definition) is 0. The van der Waals surface area contributed by atoms with Gasteiger partial charge >= 0.3 is 0 Å². The summed E-state index contributed by atoms with van der Waals surface area (Å²) >= 11 is 0. The topological polar surface area (TPSA) is 27.1 Å². The monoisotopic (exact) mass is 182 g/mol. The van der Waals surface area contributed by atoms with Crippen LogP contribution in [0.3, 0.4) is 0 Å². The van der Waals surface area contributed by atoms with Crippen LogP contribution in [0.5, 0.6) is 0 Å². The Bertz CT molecular complexity index is 210. The maximum Gasteiger partial charge on any atom is 0.0906 e. The first kappa shape index (κ1) is 10.3. The molecule has 0 aliphatic rings. The lowest BCUT2D eigenvalue weighted by atomic mass is 10.3. The van der Waals surface area contributed by atoms with Gasteiger partial charge in [-0.05, 0) is 19.4 Å². The minimum atomic E-state index is 0.635. The molecule has 3 nitrogen and oxygen atoms in total. The van der Waals surface area contributed by atoms with Crippen molar-refractivity contribution >= 4 is 0 Å². The highest BCUT2D eigenvalue weighted by atomic mass is 16.5. The first-order valence-electron chi connectivity index (χ1n) is 4.97. The Balaban J connectivity index is 2.34. The van der Waals surface area contributed by atoms with E-state index in [0.717, 1.165) is 18.8 Å². The van der Waals surface area contributed by atoms with Gasteiger partial charge < -0.3 is 4.74 Å². The lowest BCUT2D eigenvalue weighted by molar-refractivity contribution is 0.130. The zero-order valence-electron chi connectivity index (χ0n) is 8.49. The number of ether oxygens (including phenoxy) is 1. The maximum absolute atomic E-state index is 5.26. The third-order valence-corrected chi connectivity index (χ3v) is 1.89. The molecule has 0 N–H and O–H groups in total. The Labute approximate surface area is 79.7 Å². The Morgan fingerprint density at radius 1 is 1.46 bits per heavy atom. The largest absolute Gasteiger partial charge is 0.375 e. The lowest BCUT2D eigenvalue weighted by Gasteiger charge is -1.98. The van der Waals surface area contributed by atoms with E-state index in [-0.39, 0.29) is 0 Å². The van der Waals surface area contributed by atoms with Crippen LogP contribution in [0.15, 0.2) is 12.3 Å². The van der Waals surface area contributed by atoms with E-state index in [1.54, 1.807) is 0 Å². The van der Waals surface area contributed by atoms with Crippen LogP contribution in [0.4, 0.5) is 0 Å². The van der Waals surface area contributed by atoms with E-state index in [0.29, 0.717) is 6.61 Å². The second-order valence-electron chi connectivity index (χ2n) is 3.06.